The van der Waals surface area contributed by atoms with Crippen molar-refractivity contribution in [3.8, 4) is 0 Å². The maximum Gasteiger partial charge on any atom is 0.246 e. The number of likely N-dealkylation sites (tertiary alicyclic amines) is 1. The summed E-state index contributed by atoms with van der Waals surface area (Å²) in [5, 5.41) is 21.6. The monoisotopic (exact) mass is 948 g/mol. The van der Waals surface area contributed by atoms with E-state index in [-0.39, 0.29) is 80.4 Å². The van der Waals surface area contributed by atoms with Gasteiger partial charge in [-0.25, -0.2) is 0 Å². The first kappa shape index (κ1) is 52.0. The van der Waals surface area contributed by atoms with Crippen molar-refractivity contribution in [1.29, 1.82) is 0 Å². The molecule has 2 aliphatic heterocycles. The molecule has 10 N–H and O–H groups in total. The summed E-state index contributed by atoms with van der Waals surface area (Å²) in [5.41, 5.74) is 10.6. The fourth-order valence-electron chi connectivity index (χ4n) is 9.88. The van der Waals surface area contributed by atoms with E-state index >= 15 is 0 Å². The predicted octanol–water partition coefficient (Wildman–Crippen LogP) is 2.28. The number of aryl methyl sites for hydroxylation is 1. The van der Waals surface area contributed by atoms with E-state index in [0.29, 0.717) is 6.42 Å². The van der Waals surface area contributed by atoms with E-state index in [9.17, 15) is 28.8 Å². The van der Waals surface area contributed by atoms with E-state index < -0.39 is 52.9 Å². The molecule has 17 heteroatoms. The third-order valence-corrected chi connectivity index (χ3v) is 13.6. The Labute approximate surface area is 406 Å². The van der Waals surface area contributed by atoms with Gasteiger partial charge in [-0.15, -0.1) is 0 Å². The number of benzene rings is 3. The van der Waals surface area contributed by atoms with Crippen molar-refractivity contribution in [1.82, 2.24) is 41.7 Å². The summed E-state index contributed by atoms with van der Waals surface area (Å²) in [7, 11) is 3.30. The Hall–Kier alpha value is -6.33. The van der Waals surface area contributed by atoms with E-state index in [0.717, 1.165) is 47.1 Å². The number of amides is 6. The zero-order chi connectivity index (χ0) is 50.2. The van der Waals surface area contributed by atoms with Crippen molar-refractivity contribution in [2.75, 3.05) is 33.7 Å². The molecular weight excluding hydrogens is 875 g/mol. The Morgan fingerprint density at radius 3 is 1.94 bits per heavy atom. The van der Waals surface area contributed by atoms with Gasteiger partial charge in [0, 0.05) is 25.4 Å². The number of hydrazone groups is 1. The minimum absolute atomic E-state index is 0.00418. The van der Waals surface area contributed by atoms with Crippen LogP contribution in [0.25, 0.3) is 0 Å². The second-order valence-electron chi connectivity index (χ2n) is 20.9. The summed E-state index contributed by atoms with van der Waals surface area (Å²) in [6.45, 7) is 11.5. The van der Waals surface area contributed by atoms with Gasteiger partial charge < -0.3 is 53.3 Å². The lowest BCUT2D eigenvalue weighted by Crippen LogP contribution is -2.61. The maximum atomic E-state index is 15.0. The van der Waals surface area contributed by atoms with Gasteiger partial charge in [0.25, 0.3) is 0 Å². The molecule has 5 unspecified atom stereocenters. The molecule has 1 aliphatic carbocycles. The van der Waals surface area contributed by atoms with Crippen LogP contribution in [0.2, 0.25) is 0 Å². The van der Waals surface area contributed by atoms with Crippen LogP contribution in [0.5, 0.6) is 0 Å². The minimum atomic E-state index is -0.974. The van der Waals surface area contributed by atoms with Crippen LogP contribution in [0.15, 0.2) is 77.9 Å². The van der Waals surface area contributed by atoms with E-state index in [1.165, 1.54) is 5.56 Å². The van der Waals surface area contributed by atoms with Gasteiger partial charge in [0.1, 0.15) is 30.0 Å². The Balaban J connectivity index is 1.35. The summed E-state index contributed by atoms with van der Waals surface area (Å²) in [6.07, 6.45) is 3.39. The van der Waals surface area contributed by atoms with Gasteiger partial charge in [0.05, 0.1) is 25.2 Å². The molecule has 2 heterocycles. The Bertz CT molecular complexity index is 2380. The summed E-state index contributed by atoms with van der Waals surface area (Å²) in [6, 6.07) is 18.8. The summed E-state index contributed by atoms with van der Waals surface area (Å²) in [5.74, 6) is 3.12. The first-order valence-corrected chi connectivity index (χ1v) is 24.1. The zero-order valence-corrected chi connectivity index (χ0v) is 41.5. The molecule has 1 fully saturated rings. The van der Waals surface area contributed by atoms with Crippen LogP contribution < -0.4 is 43.5 Å². The molecule has 0 aromatic heterocycles. The van der Waals surface area contributed by atoms with Crippen molar-refractivity contribution < 1.29 is 28.8 Å². The number of carbonyl (C=O) groups excluding carboxylic acids is 6. The fourth-order valence-corrected chi connectivity index (χ4v) is 9.88. The molecule has 372 valence electrons. The average Bonchev–Trinajstić information content (AvgIpc) is 3.77. The second kappa shape index (κ2) is 22.4. The van der Waals surface area contributed by atoms with Gasteiger partial charge in [-0.05, 0) is 90.4 Å². The highest BCUT2D eigenvalue weighted by Crippen LogP contribution is 2.38. The van der Waals surface area contributed by atoms with Crippen LogP contribution >= 0.6 is 0 Å². The molecule has 0 spiro atoms. The fraction of sp³-hybridized carbons (Fsp3) is 0.519. The topological polar surface area (TPSA) is 245 Å². The third kappa shape index (κ3) is 12.7. The van der Waals surface area contributed by atoms with Gasteiger partial charge in [-0.2, -0.15) is 5.10 Å². The van der Waals surface area contributed by atoms with Crippen molar-refractivity contribution in [3.05, 3.63) is 106 Å². The highest BCUT2D eigenvalue weighted by molar-refractivity contribution is 5.96. The van der Waals surface area contributed by atoms with Crippen LogP contribution in [0.1, 0.15) is 106 Å². The highest BCUT2D eigenvalue weighted by atomic mass is 16.2. The molecule has 6 amide bonds. The number of amidine groups is 1. The molecule has 6 rings (SSSR count). The molecule has 7 atom stereocenters. The molecule has 3 aliphatic rings. The lowest BCUT2D eigenvalue weighted by Gasteiger charge is -2.41. The number of nitrogens with one attached hydrogen (secondary N) is 6. The number of nitrogens with zero attached hydrogens (tertiary/aromatic N) is 3. The van der Waals surface area contributed by atoms with Gasteiger partial charge in [-0.3, -0.25) is 28.8 Å². The molecular formula is C52H73N11O6. The van der Waals surface area contributed by atoms with Crippen molar-refractivity contribution in [2.45, 2.75) is 129 Å². The van der Waals surface area contributed by atoms with Crippen LogP contribution in [-0.2, 0) is 54.6 Å². The minimum Gasteiger partial charge on any atom is -0.384 e. The summed E-state index contributed by atoms with van der Waals surface area (Å²) >= 11 is 0. The van der Waals surface area contributed by atoms with E-state index in [1.807, 2.05) is 102 Å². The van der Waals surface area contributed by atoms with Crippen LogP contribution in [0, 0.1) is 10.8 Å². The number of fused-ring (bicyclic) bond motifs is 2. The van der Waals surface area contributed by atoms with Crippen molar-refractivity contribution in [2.24, 2.45) is 27.5 Å². The van der Waals surface area contributed by atoms with E-state index in [4.69, 9.17) is 11.6 Å². The maximum absolute atomic E-state index is 15.0. The van der Waals surface area contributed by atoms with E-state index in [2.05, 4.69) is 49.1 Å². The standard InChI is InChI=1S/C52H73N11O6/c1-51(2,3)44(59-42(64)27-55-7)49(68)62-29-35-24-33(21-22-34(35)25-40(62)47(66)57-38-20-14-18-32-17-12-13-19-37(32)38)36-26-41(48(67)58-39(46(53)61-54)23-31-15-10-9-11-16-31)63(30-36)50(69)45(52(4,5)6)60-43(65)28-56-8/h9-13,15-17,19,21-22,24,36,38-41,44-45,55-56H,14,18,20,23,25-30,54H2,1-8H3,(H2,53,61)(H,57,66)(H,58,67)(H,59,64)(H,60,65)/t36-,38?,39?,40?,41-,44?,45?/m0/s1. The number of carbonyl (C=O) groups is 6. The molecule has 0 saturated carbocycles. The molecule has 1 saturated heterocycles. The number of hydrogen-bond donors (Lipinski definition) is 8. The average molecular weight is 948 g/mol. The second-order valence-corrected chi connectivity index (χ2v) is 20.9. The zero-order valence-electron chi connectivity index (χ0n) is 41.5. The number of rotatable bonds is 16. The number of nitrogens with two attached hydrogens (primary N) is 2. The summed E-state index contributed by atoms with van der Waals surface area (Å²) in [4.78, 5) is 88.3. The quantitative estimate of drug-likeness (QED) is 0.0451. The molecule has 0 radical (unpaired) electrons. The third-order valence-electron chi connectivity index (χ3n) is 13.6. The van der Waals surface area contributed by atoms with Crippen LogP contribution in [0.3, 0.4) is 0 Å². The van der Waals surface area contributed by atoms with Gasteiger partial charge in [0.2, 0.25) is 35.4 Å². The largest absolute Gasteiger partial charge is 0.384 e. The summed E-state index contributed by atoms with van der Waals surface area (Å²) < 4.78 is 0. The Morgan fingerprint density at radius 1 is 0.725 bits per heavy atom. The van der Waals surface area contributed by atoms with Crippen LogP contribution in [-0.4, -0.2) is 115 Å². The molecule has 69 heavy (non-hydrogen) atoms. The molecule has 0 bridgehead atoms. The van der Waals surface area contributed by atoms with Crippen molar-refractivity contribution in [3.63, 3.8) is 0 Å². The number of hydrogen-bond acceptors (Lipinski definition) is 10. The first-order valence-electron chi connectivity index (χ1n) is 24.1. The molecule has 17 nitrogen and oxygen atoms in total. The molecule has 3 aromatic carbocycles. The lowest BCUT2D eigenvalue weighted by molar-refractivity contribution is -0.147. The van der Waals surface area contributed by atoms with Crippen LogP contribution in [0.4, 0.5) is 0 Å². The number of likely N-dealkylation sites (N-methyl/N-ethyl adjacent to an activating group) is 2. The van der Waals surface area contributed by atoms with Gasteiger partial charge in [-0.1, -0.05) is 114 Å². The lowest BCUT2D eigenvalue weighted by atomic mass is 9.83. The van der Waals surface area contributed by atoms with E-state index in [1.54, 1.807) is 23.9 Å². The Kier molecular flexibility index (Phi) is 16.9. The highest BCUT2D eigenvalue weighted by Gasteiger charge is 2.47. The first-order chi connectivity index (χ1) is 32.7. The normalized spacial score (nSPS) is 20.7. The van der Waals surface area contributed by atoms with Gasteiger partial charge >= 0.3 is 0 Å². The smallest absolute Gasteiger partial charge is 0.246 e. The SMILES string of the molecule is CNCC(=O)NC(C(=O)N1Cc2cc([C@H]3C[C@@H](C(=O)NC(Cc4ccccc4)/C(N)=N/N)N(C(=O)C(NC(=O)CNC)C(C)(C)C)C3)ccc2CC1C(=O)NC1CCCc2ccccc21)C(C)(C)C. The van der Waals surface area contributed by atoms with Gasteiger partial charge in [0.15, 0.2) is 0 Å². The Morgan fingerprint density at radius 2 is 1.33 bits per heavy atom. The predicted molar refractivity (Wildman–Crippen MR) is 266 cm³/mol. The van der Waals surface area contributed by atoms with Crippen molar-refractivity contribution >= 4 is 41.3 Å². The molecule has 3 aromatic rings.